The van der Waals surface area contributed by atoms with E-state index in [1.54, 1.807) is 0 Å². The quantitative estimate of drug-likeness (QED) is 0.312. The predicted octanol–water partition coefficient (Wildman–Crippen LogP) is 0.955. The van der Waals surface area contributed by atoms with Gasteiger partial charge in [-0.05, 0) is 12.7 Å². The lowest BCUT2D eigenvalue weighted by Crippen LogP contribution is -2.11. The third kappa shape index (κ3) is 3.32. The van der Waals surface area contributed by atoms with Crippen molar-refractivity contribution < 1.29 is 9.59 Å². The maximum absolute atomic E-state index is 11.2. The summed E-state index contributed by atoms with van der Waals surface area (Å²) in [5.41, 5.74) is 5.56. The highest BCUT2D eigenvalue weighted by molar-refractivity contribution is 8.14. The molecule has 0 saturated carbocycles. The van der Waals surface area contributed by atoms with Gasteiger partial charge >= 0.3 is 0 Å². The summed E-state index contributed by atoms with van der Waals surface area (Å²) in [7, 11) is 0. The van der Waals surface area contributed by atoms with E-state index in [2.05, 4.69) is 12.6 Å². The smallest absolute Gasteiger partial charge is 0.225 e. The molecule has 0 aromatic rings. The largest absolute Gasteiger partial charge is 0.402 e. The van der Waals surface area contributed by atoms with E-state index < -0.39 is 5.12 Å². The first kappa shape index (κ1) is 11.6. The van der Waals surface area contributed by atoms with E-state index in [-0.39, 0.29) is 16.4 Å². The molecule has 0 rings (SSSR count). The molecule has 0 amide bonds. The minimum atomic E-state index is -0.569. The van der Waals surface area contributed by atoms with Crippen molar-refractivity contribution in [2.24, 2.45) is 5.73 Å². The number of carbonyl (C=O) groups excluding carboxylic acids is 2. The van der Waals surface area contributed by atoms with Crippen molar-refractivity contribution in [3.05, 3.63) is 11.3 Å². The summed E-state index contributed by atoms with van der Waals surface area (Å²) in [6.45, 7) is 3.34. The summed E-state index contributed by atoms with van der Waals surface area (Å²) < 4.78 is 0. The molecule has 0 heterocycles. The highest BCUT2D eigenvalue weighted by Gasteiger charge is 2.16. The van der Waals surface area contributed by atoms with Crippen molar-refractivity contribution in [2.75, 3.05) is 5.75 Å². The number of nitrogens with two attached hydrogens (primary N) is 1. The van der Waals surface area contributed by atoms with Crippen LogP contribution in [0, 0.1) is 0 Å². The van der Waals surface area contributed by atoms with Crippen molar-refractivity contribution >= 4 is 34.6 Å². The van der Waals surface area contributed by atoms with Crippen molar-refractivity contribution in [2.45, 2.75) is 13.8 Å². The van der Waals surface area contributed by atoms with Gasteiger partial charge in [0.25, 0.3) is 0 Å². The standard InChI is InChI=1S/C7H11NO2S2/c1-3-12-7(10)5(4(2)8)6(9)11/h3,8H2,1-2H3,(H,9,11)/b5-4+. The van der Waals surface area contributed by atoms with Crippen molar-refractivity contribution in [1.29, 1.82) is 0 Å². The molecule has 0 aliphatic heterocycles. The van der Waals surface area contributed by atoms with Crippen molar-refractivity contribution in [3.8, 4) is 0 Å². The second-order valence-electron chi connectivity index (χ2n) is 2.08. The van der Waals surface area contributed by atoms with E-state index in [0.717, 1.165) is 11.8 Å². The van der Waals surface area contributed by atoms with E-state index in [4.69, 9.17) is 5.73 Å². The molecule has 0 aromatic carbocycles. The fourth-order valence-electron chi connectivity index (χ4n) is 0.620. The first-order chi connectivity index (χ1) is 5.50. The Bertz CT molecular complexity index is 232. The second kappa shape index (κ2) is 5.27. The molecule has 0 atom stereocenters. The number of rotatable bonds is 3. The van der Waals surface area contributed by atoms with E-state index in [1.165, 1.54) is 6.92 Å². The van der Waals surface area contributed by atoms with Crippen LogP contribution >= 0.6 is 24.4 Å². The summed E-state index contributed by atoms with van der Waals surface area (Å²) in [6, 6.07) is 0. The minimum absolute atomic E-state index is 0.00909. The zero-order valence-electron chi connectivity index (χ0n) is 6.96. The lowest BCUT2D eigenvalue weighted by atomic mass is 10.2. The third-order valence-corrected chi connectivity index (χ3v) is 2.07. The minimum Gasteiger partial charge on any atom is -0.402 e. The van der Waals surface area contributed by atoms with Crippen LogP contribution in [0.15, 0.2) is 11.3 Å². The number of hydrogen-bond donors (Lipinski definition) is 2. The summed E-state index contributed by atoms with van der Waals surface area (Å²) in [4.78, 5) is 22.0. The van der Waals surface area contributed by atoms with Gasteiger partial charge in [-0.25, -0.2) is 0 Å². The van der Waals surface area contributed by atoms with Gasteiger partial charge in [-0.2, -0.15) is 0 Å². The molecule has 0 unspecified atom stereocenters. The van der Waals surface area contributed by atoms with Crippen molar-refractivity contribution in [1.82, 2.24) is 0 Å². The zero-order valence-corrected chi connectivity index (χ0v) is 8.67. The molecule has 0 fully saturated rings. The Morgan fingerprint density at radius 1 is 1.50 bits per heavy atom. The third-order valence-electron chi connectivity index (χ3n) is 1.09. The van der Waals surface area contributed by atoms with Crippen LogP contribution in [-0.4, -0.2) is 16.0 Å². The van der Waals surface area contributed by atoms with Gasteiger partial charge in [-0.3, -0.25) is 9.59 Å². The van der Waals surface area contributed by atoms with Gasteiger partial charge in [0.15, 0.2) is 0 Å². The number of allylic oxidation sites excluding steroid dienone is 1. The van der Waals surface area contributed by atoms with Gasteiger partial charge < -0.3 is 5.73 Å². The van der Waals surface area contributed by atoms with E-state index in [1.807, 2.05) is 6.92 Å². The molecule has 0 aromatic heterocycles. The topological polar surface area (TPSA) is 60.2 Å². The highest BCUT2D eigenvalue weighted by Crippen LogP contribution is 2.14. The molecule has 12 heavy (non-hydrogen) atoms. The van der Waals surface area contributed by atoms with Crippen LogP contribution < -0.4 is 5.73 Å². The molecule has 5 heteroatoms. The van der Waals surface area contributed by atoms with Gasteiger partial charge in [-0.1, -0.05) is 18.7 Å². The average molecular weight is 205 g/mol. The zero-order chi connectivity index (χ0) is 9.72. The molecular formula is C7H11NO2S2. The molecule has 68 valence electrons. The first-order valence-electron chi connectivity index (χ1n) is 3.37. The van der Waals surface area contributed by atoms with Gasteiger partial charge in [0.2, 0.25) is 10.2 Å². The van der Waals surface area contributed by atoms with E-state index in [0.29, 0.717) is 5.75 Å². The van der Waals surface area contributed by atoms with Crippen molar-refractivity contribution in [3.63, 3.8) is 0 Å². The van der Waals surface area contributed by atoms with Crippen LogP contribution in [0.1, 0.15) is 13.8 Å². The van der Waals surface area contributed by atoms with Crippen LogP contribution in [0.5, 0.6) is 0 Å². The van der Waals surface area contributed by atoms with Gasteiger partial charge in [0, 0.05) is 5.70 Å². The number of carbonyl (C=O) groups is 2. The fraction of sp³-hybridized carbons (Fsp3) is 0.429. The fourth-order valence-corrected chi connectivity index (χ4v) is 1.63. The molecule has 0 radical (unpaired) electrons. The predicted molar refractivity (Wildman–Crippen MR) is 54.0 cm³/mol. The molecular weight excluding hydrogens is 194 g/mol. The Kier molecular flexibility index (Phi) is 5.08. The van der Waals surface area contributed by atoms with Crippen LogP contribution in [0.2, 0.25) is 0 Å². The Balaban J connectivity index is 4.67. The average Bonchev–Trinajstić information content (AvgIpc) is 1.85. The molecule has 0 aliphatic rings. The molecule has 0 bridgehead atoms. The van der Waals surface area contributed by atoms with Crippen LogP contribution in [0.3, 0.4) is 0 Å². The number of thiol groups is 1. The van der Waals surface area contributed by atoms with Gasteiger partial charge in [-0.15, -0.1) is 12.6 Å². The number of hydrogen-bond acceptors (Lipinski definition) is 4. The maximum atomic E-state index is 11.2. The maximum Gasteiger partial charge on any atom is 0.225 e. The normalized spacial score (nSPS) is 12.2. The highest BCUT2D eigenvalue weighted by atomic mass is 32.2. The Morgan fingerprint density at radius 2 is 2.00 bits per heavy atom. The summed E-state index contributed by atoms with van der Waals surface area (Å²) in [5.74, 6) is 0.622. The Morgan fingerprint density at radius 3 is 2.25 bits per heavy atom. The molecule has 0 aliphatic carbocycles. The van der Waals surface area contributed by atoms with Crippen LogP contribution in [-0.2, 0) is 9.59 Å². The van der Waals surface area contributed by atoms with E-state index in [9.17, 15) is 9.59 Å². The molecule has 3 nitrogen and oxygen atoms in total. The summed E-state index contributed by atoms with van der Waals surface area (Å²) in [6.07, 6.45) is 0. The molecule has 2 N–H and O–H groups in total. The lowest BCUT2D eigenvalue weighted by molar-refractivity contribution is -0.113. The summed E-state index contributed by atoms with van der Waals surface area (Å²) in [5, 5.41) is -0.876. The molecule has 0 spiro atoms. The number of thioether (sulfide) groups is 1. The van der Waals surface area contributed by atoms with Crippen LogP contribution in [0.25, 0.3) is 0 Å². The monoisotopic (exact) mass is 205 g/mol. The summed E-state index contributed by atoms with van der Waals surface area (Å²) >= 11 is 4.60. The van der Waals surface area contributed by atoms with Gasteiger partial charge in [0.1, 0.15) is 5.57 Å². The Labute approximate surface area is 81.2 Å². The SMILES string of the molecule is CCSC(=O)/C(C(=O)S)=C(\C)N. The lowest BCUT2D eigenvalue weighted by Gasteiger charge is -2.01. The second-order valence-corrected chi connectivity index (χ2v) is 3.73. The first-order valence-corrected chi connectivity index (χ1v) is 4.80. The van der Waals surface area contributed by atoms with Gasteiger partial charge in [0.05, 0.1) is 0 Å². The Hall–Kier alpha value is -0.420. The molecule has 0 saturated heterocycles. The van der Waals surface area contributed by atoms with E-state index >= 15 is 0 Å². The van der Waals surface area contributed by atoms with Crippen LogP contribution in [0.4, 0.5) is 0 Å².